The lowest BCUT2D eigenvalue weighted by molar-refractivity contribution is 0.101. The molecule has 0 saturated heterocycles. The van der Waals surface area contributed by atoms with Crippen LogP contribution < -0.4 is 5.32 Å². The Morgan fingerprint density at radius 1 is 1.00 bits per heavy atom. The van der Waals surface area contributed by atoms with Gasteiger partial charge in [-0.05, 0) is 67.1 Å². The fourth-order valence-electron chi connectivity index (χ4n) is 2.92. The Morgan fingerprint density at radius 3 is 2.37 bits per heavy atom. The van der Waals surface area contributed by atoms with Crippen molar-refractivity contribution >= 4 is 50.7 Å². The number of nitrogens with one attached hydrogen (secondary N) is 1. The summed E-state index contributed by atoms with van der Waals surface area (Å²) in [5, 5.41) is 8.35. The zero-order valence-corrected chi connectivity index (χ0v) is 18.8. The summed E-state index contributed by atoms with van der Waals surface area (Å²) in [5.41, 5.74) is 2.93. The fourth-order valence-corrected chi connectivity index (χ4v) is 3.58. The van der Waals surface area contributed by atoms with E-state index in [9.17, 15) is 4.79 Å². The van der Waals surface area contributed by atoms with Crippen molar-refractivity contribution in [3.63, 3.8) is 0 Å². The van der Waals surface area contributed by atoms with Crippen LogP contribution in [0.15, 0.2) is 71.2 Å². The molecule has 150 valence electrons. The molecule has 1 N–H and O–H groups in total. The lowest BCUT2D eigenvalue weighted by atomic mass is 10.2. The van der Waals surface area contributed by atoms with Crippen molar-refractivity contribution in [2.24, 2.45) is 0 Å². The molecular formula is C22H15BrCl2N4O. The molecule has 1 aromatic heterocycles. The number of anilines is 1. The Labute approximate surface area is 191 Å². The molecule has 0 atom stereocenters. The molecule has 3 aromatic carbocycles. The van der Waals surface area contributed by atoms with E-state index in [1.165, 1.54) is 0 Å². The minimum atomic E-state index is -0.447. The predicted octanol–water partition coefficient (Wildman–Crippen LogP) is 6.56. The number of amides is 1. The van der Waals surface area contributed by atoms with Gasteiger partial charge < -0.3 is 5.32 Å². The van der Waals surface area contributed by atoms with Crippen LogP contribution in [0.2, 0.25) is 10.0 Å². The molecule has 1 heterocycles. The molecular weight excluding hydrogens is 487 g/mol. The lowest BCUT2D eigenvalue weighted by Gasteiger charge is -2.08. The maximum Gasteiger partial charge on any atom is 0.295 e. The van der Waals surface area contributed by atoms with E-state index in [0.717, 1.165) is 21.3 Å². The highest BCUT2D eigenvalue weighted by Gasteiger charge is 2.20. The highest BCUT2D eigenvalue weighted by atomic mass is 79.9. The molecule has 4 rings (SSSR count). The van der Waals surface area contributed by atoms with E-state index in [4.69, 9.17) is 23.2 Å². The minimum Gasteiger partial charge on any atom is -0.318 e. The van der Waals surface area contributed by atoms with Crippen LogP contribution in [-0.4, -0.2) is 20.7 Å². The highest BCUT2D eigenvalue weighted by molar-refractivity contribution is 9.10. The van der Waals surface area contributed by atoms with Crippen LogP contribution in [0.5, 0.6) is 0 Å². The van der Waals surface area contributed by atoms with E-state index in [1.54, 1.807) is 22.9 Å². The van der Waals surface area contributed by atoms with Gasteiger partial charge in [0.2, 0.25) is 5.82 Å². The number of hydrogen-bond acceptors (Lipinski definition) is 3. The van der Waals surface area contributed by atoms with Gasteiger partial charge in [0.25, 0.3) is 5.91 Å². The van der Waals surface area contributed by atoms with Crippen LogP contribution in [0.4, 0.5) is 5.69 Å². The number of nitrogens with zero attached hydrogens (tertiary/aromatic N) is 3. The first-order chi connectivity index (χ1) is 14.4. The second kappa shape index (κ2) is 8.60. The van der Waals surface area contributed by atoms with Gasteiger partial charge in [-0.15, -0.1) is 5.10 Å². The number of halogens is 3. The minimum absolute atomic E-state index is 0.0298. The molecule has 30 heavy (non-hydrogen) atoms. The first kappa shape index (κ1) is 20.6. The molecule has 0 saturated carbocycles. The smallest absolute Gasteiger partial charge is 0.295 e. The van der Waals surface area contributed by atoms with Crippen molar-refractivity contribution < 1.29 is 4.79 Å². The molecule has 0 unspecified atom stereocenters. The van der Waals surface area contributed by atoms with Crippen LogP contribution in [0.3, 0.4) is 0 Å². The van der Waals surface area contributed by atoms with Gasteiger partial charge in [-0.3, -0.25) is 4.79 Å². The molecule has 5 nitrogen and oxygen atoms in total. The molecule has 0 aliphatic carbocycles. The first-order valence-electron chi connectivity index (χ1n) is 8.98. The molecule has 0 spiro atoms. The van der Waals surface area contributed by atoms with Gasteiger partial charge in [-0.2, -0.15) is 0 Å². The number of carbonyl (C=O) groups excluding carboxylic acids is 1. The highest BCUT2D eigenvalue weighted by Crippen LogP contribution is 2.27. The number of benzene rings is 3. The van der Waals surface area contributed by atoms with Gasteiger partial charge in [0.05, 0.1) is 16.4 Å². The molecule has 0 aliphatic heterocycles. The van der Waals surface area contributed by atoms with E-state index in [-0.39, 0.29) is 5.82 Å². The van der Waals surface area contributed by atoms with Crippen LogP contribution in [0, 0.1) is 6.92 Å². The first-order valence-corrected chi connectivity index (χ1v) is 10.5. The van der Waals surface area contributed by atoms with Crippen LogP contribution in [0.25, 0.3) is 17.1 Å². The Kier molecular flexibility index (Phi) is 5.90. The van der Waals surface area contributed by atoms with E-state index in [2.05, 4.69) is 31.3 Å². The summed E-state index contributed by atoms with van der Waals surface area (Å²) in [6, 6.07) is 20.2. The monoisotopic (exact) mass is 500 g/mol. The van der Waals surface area contributed by atoms with Crippen molar-refractivity contribution in [1.82, 2.24) is 14.8 Å². The zero-order chi connectivity index (χ0) is 21.3. The third-order valence-electron chi connectivity index (χ3n) is 4.44. The number of para-hydroxylation sites is 1. The van der Waals surface area contributed by atoms with Gasteiger partial charge in [0.15, 0.2) is 5.82 Å². The van der Waals surface area contributed by atoms with Crippen molar-refractivity contribution in [2.45, 2.75) is 6.92 Å². The van der Waals surface area contributed by atoms with Crippen LogP contribution in [-0.2, 0) is 0 Å². The number of carbonyl (C=O) groups is 1. The zero-order valence-electron chi connectivity index (χ0n) is 15.7. The summed E-state index contributed by atoms with van der Waals surface area (Å²) in [7, 11) is 0. The maximum absolute atomic E-state index is 12.9. The molecule has 4 aromatic rings. The van der Waals surface area contributed by atoms with Crippen molar-refractivity contribution in [1.29, 1.82) is 0 Å². The third-order valence-corrected chi connectivity index (χ3v) is 5.54. The Hall–Kier alpha value is -2.67. The maximum atomic E-state index is 12.9. The van der Waals surface area contributed by atoms with Crippen LogP contribution >= 0.6 is 39.1 Å². The van der Waals surface area contributed by atoms with Crippen molar-refractivity contribution in [3.05, 3.63) is 92.6 Å². The Morgan fingerprint density at radius 2 is 1.70 bits per heavy atom. The molecule has 0 aliphatic rings. The molecule has 8 heteroatoms. The lowest BCUT2D eigenvalue weighted by Crippen LogP contribution is -2.15. The quantitative estimate of drug-likeness (QED) is 0.344. The average Bonchev–Trinajstić information content (AvgIpc) is 3.17. The van der Waals surface area contributed by atoms with E-state index < -0.39 is 5.91 Å². The number of hydrogen-bond donors (Lipinski definition) is 1. The molecule has 1 amide bonds. The Balaban J connectivity index is 1.77. The van der Waals surface area contributed by atoms with Gasteiger partial charge in [0, 0.05) is 15.1 Å². The molecule has 0 fully saturated rings. The van der Waals surface area contributed by atoms with Gasteiger partial charge in [0.1, 0.15) is 0 Å². The standard InChI is InChI=1S/C22H15BrCl2N4O/c1-13-3-2-4-18(25)19(13)26-22(30)20-27-21(14-5-9-16(24)10-6-14)29(28-20)17-11-7-15(23)8-12-17/h2-12H,1H3,(H,26,30). The number of rotatable bonds is 4. The summed E-state index contributed by atoms with van der Waals surface area (Å²) in [6.45, 7) is 1.87. The number of aryl methyl sites for hydroxylation is 1. The van der Waals surface area contributed by atoms with Crippen LogP contribution in [0.1, 0.15) is 16.2 Å². The SMILES string of the molecule is Cc1cccc(Cl)c1NC(=O)c1nc(-c2ccc(Cl)cc2)n(-c2ccc(Br)cc2)n1. The van der Waals surface area contributed by atoms with Crippen molar-refractivity contribution in [2.75, 3.05) is 5.32 Å². The summed E-state index contributed by atoms with van der Waals surface area (Å²) in [4.78, 5) is 17.4. The summed E-state index contributed by atoms with van der Waals surface area (Å²) in [6.07, 6.45) is 0. The van der Waals surface area contributed by atoms with Crippen molar-refractivity contribution in [3.8, 4) is 17.1 Å². The van der Waals surface area contributed by atoms with Gasteiger partial charge in [-0.1, -0.05) is 51.3 Å². The van der Waals surface area contributed by atoms with Gasteiger partial charge >= 0.3 is 0 Å². The average molecular weight is 502 g/mol. The summed E-state index contributed by atoms with van der Waals surface area (Å²) < 4.78 is 2.57. The van der Waals surface area contributed by atoms with E-state index in [1.807, 2.05) is 55.5 Å². The number of aromatic nitrogens is 3. The Bertz CT molecular complexity index is 1140. The second-order valence-corrected chi connectivity index (χ2v) is 8.30. The predicted molar refractivity (Wildman–Crippen MR) is 124 cm³/mol. The topological polar surface area (TPSA) is 59.8 Å². The summed E-state index contributed by atoms with van der Waals surface area (Å²) in [5.74, 6) is 0.106. The second-order valence-electron chi connectivity index (χ2n) is 6.54. The third kappa shape index (κ3) is 4.26. The molecule has 0 radical (unpaired) electrons. The summed E-state index contributed by atoms with van der Waals surface area (Å²) >= 11 is 15.7. The molecule has 0 bridgehead atoms. The fraction of sp³-hybridized carbons (Fsp3) is 0.0455. The normalized spacial score (nSPS) is 10.8. The van der Waals surface area contributed by atoms with E-state index >= 15 is 0 Å². The van der Waals surface area contributed by atoms with E-state index in [0.29, 0.717) is 21.6 Å². The van der Waals surface area contributed by atoms with Gasteiger partial charge in [-0.25, -0.2) is 9.67 Å². The largest absolute Gasteiger partial charge is 0.318 e.